The summed E-state index contributed by atoms with van der Waals surface area (Å²) < 4.78 is 0. The Hall–Kier alpha value is -2.63. The van der Waals surface area contributed by atoms with Gasteiger partial charge in [0.15, 0.2) is 0 Å². The molecule has 6 nitrogen and oxygen atoms in total. The fraction of sp³-hybridized carbons (Fsp3) is 0.607. The van der Waals surface area contributed by atoms with Crippen LogP contribution in [0.3, 0.4) is 0 Å². The molecule has 3 unspecified atom stereocenters. The van der Waals surface area contributed by atoms with Gasteiger partial charge in [-0.3, -0.25) is 9.59 Å². The summed E-state index contributed by atoms with van der Waals surface area (Å²) in [6, 6.07) is 8.25. The van der Waals surface area contributed by atoms with E-state index in [0.717, 1.165) is 59.8 Å². The molecule has 2 aliphatic rings. The topological polar surface area (TPSA) is 74.3 Å². The van der Waals surface area contributed by atoms with E-state index in [9.17, 15) is 9.59 Å². The zero-order chi connectivity index (χ0) is 24.2. The predicted molar refractivity (Wildman–Crippen MR) is 139 cm³/mol. The molecule has 0 bridgehead atoms. The monoisotopic (exact) mass is 464 g/mol. The lowest BCUT2D eigenvalue weighted by Gasteiger charge is -2.34. The lowest BCUT2D eigenvalue weighted by molar-refractivity contribution is -0.125. The molecule has 1 saturated carbocycles. The summed E-state index contributed by atoms with van der Waals surface area (Å²) in [5.74, 6) is 2.78. The van der Waals surface area contributed by atoms with Gasteiger partial charge in [0.25, 0.3) is 0 Å². The molecule has 1 aliphatic heterocycles. The number of amides is 2. The Labute approximate surface area is 203 Å². The van der Waals surface area contributed by atoms with Crippen molar-refractivity contribution < 1.29 is 9.59 Å². The Bertz CT molecular complexity index is 1030. The molecule has 2 heterocycles. The summed E-state index contributed by atoms with van der Waals surface area (Å²) in [6.07, 6.45) is 6.24. The van der Waals surface area contributed by atoms with Crippen LogP contribution in [0.1, 0.15) is 71.3 Å². The van der Waals surface area contributed by atoms with E-state index in [0.29, 0.717) is 11.8 Å². The Balaban J connectivity index is 1.32. The lowest BCUT2D eigenvalue weighted by Crippen LogP contribution is -2.43. The first-order chi connectivity index (χ1) is 16.3. The molecule has 184 valence electrons. The highest BCUT2D eigenvalue weighted by molar-refractivity contribution is 5.96. The maximum Gasteiger partial charge on any atom is 0.224 e. The molecule has 0 radical (unpaired) electrons. The smallest absolute Gasteiger partial charge is 0.224 e. The van der Waals surface area contributed by atoms with Crippen LogP contribution in [0.4, 0.5) is 11.5 Å². The van der Waals surface area contributed by atoms with Gasteiger partial charge in [-0.1, -0.05) is 33.6 Å². The quantitative estimate of drug-likeness (QED) is 0.597. The summed E-state index contributed by atoms with van der Waals surface area (Å²) in [4.78, 5) is 32.2. The first-order valence-corrected chi connectivity index (χ1v) is 13.1. The number of rotatable bonds is 6. The minimum absolute atomic E-state index is 0.0284. The second-order valence-corrected chi connectivity index (χ2v) is 10.7. The standard InChI is InChI=1S/C28H40N4O2/c1-18-12-14-32(15-13-18)26-16-20(3)23-17-22(8-9-25(23)30-26)29-27(33)10-11-28(34)31-24-7-5-6-19(2)21(24)4/h8-9,16-19,21,24H,5-7,10-15H2,1-4H3,(H,29,33)(H,31,34). The summed E-state index contributed by atoms with van der Waals surface area (Å²) in [7, 11) is 0. The zero-order valence-electron chi connectivity index (χ0n) is 21.2. The van der Waals surface area contributed by atoms with E-state index < -0.39 is 0 Å². The number of hydrogen-bond acceptors (Lipinski definition) is 4. The highest BCUT2D eigenvalue weighted by Crippen LogP contribution is 2.30. The largest absolute Gasteiger partial charge is 0.357 e. The maximum absolute atomic E-state index is 12.5. The van der Waals surface area contributed by atoms with Crippen LogP contribution in [-0.2, 0) is 9.59 Å². The minimum atomic E-state index is -0.135. The first-order valence-electron chi connectivity index (χ1n) is 13.1. The predicted octanol–water partition coefficient (Wildman–Crippen LogP) is 5.44. The third-order valence-electron chi connectivity index (χ3n) is 8.03. The van der Waals surface area contributed by atoms with Gasteiger partial charge in [0, 0.05) is 43.0 Å². The van der Waals surface area contributed by atoms with Gasteiger partial charge in [-0.2, -0.15) is 0 Å². The molecule has 34 heavy (non-hydrogen) atoms. The number of aryl methyl sites for hydroxylation is 1. The highest BCUT2D eigenvalue weighted by atomic mass is 16.2. The molecule has 1 aromatic carbocycles. The van der Waals surface area contributed by atoms with Gasteiger partial charge in [0.1, 0.15) is 5.82 Å². The molecular formula is C28H40N4O2. The molecule has 1 aromatic heterocycles. The van der Waals surface area contributed by atoms with Crippen molar-refractivity contribution in [2.24, 2.45) is 17.8 Å². The molecular weight excluding hydrogens is 424 g/mol. The average molecular weight is 465 g/mol. The zero-order valence-corrected chi connectivity index (χ0v) is 21.2. The number of piperidine rings is 1. The minimum Gasteiger partial charge on any atom is -0.357 e. The first kappa shape index (κ1) is 24.5. The number of benzene rings is 1. The van der Waals surface area contributed by atoms with Crippen LogP contribution in [-0.4, -0.2) is 35.9 Å². The van der Waals surface area contributed by atoms with Gasteiger partial charge < -0.3 is 15.5 Å². The van der Waals surface area contributed by atoms with Crippen LogP contribution in [0.5, 0.6) is 0 Å². The van der Waals surface area contributed by atoms with Gasteiger partial charge in [-0.25, -0.2) is 4.98 Å². The Morgan fingerprint density at radius 1 is 1.00 bits per heavy atom. The number of carbonyl (C=O) groups is 2. The molecule has 2 fully saturated rings. The molecule has 1 saturated heterocycles. The second-order valence-electron chi connectivity index (χ2n) is 10.7. The molecule has 6 heteroatoms. The van der Waals surface area contributed by atoms with E-state index in [1.54, 1.807) is 0 Å². The maximum atomic E-state index is 12.5. The summed E-state index contributed by atoms with van der Waals surface area (Å²) in [6.45, 7) is 11.0. The highest BCUT2D eigenvalue weighted by Gasteiger charge is 2.28. The normalized spacial score (nSPS) is 23.6. The van der Waals surface area contributed by atoms with Crippen molar-refractivity contribution in [3.05, 3.63) is 29.8 Å². The van der Waals surface area contributed by atoms with Crippen LogP contribution in [0.25, 0.3) is 10.9 Å². The fourth-order valence-electron chi connectivity index (χ4n) is 5.37. The molecule has 2 amide bonds. The van der Waals surface area contributed by atoms with Crippen molar-refractivity contribution in [2.75, 3.05) is 23.3 Å². The molecule has 2 aromatic rings. The number of hydrogen-bond donors (Lipinski definition) is 2. The van der Waals surface area contributed by atoms with Crippen LogP contribution >= 0.6 is 0 Å². The molecule has 3 atom stereocenters. The van der Waals surface area contributed by atoms with Crippen LogP contribution in [0.15, 0.2) is 24.3 Å². The van der Waals surface area contributed by atoms with E-state index in [1.807, 2.05) is 18.2 Å². The van der Waals surface area contributed by atoms with E-state index in [1.165, 1.54) is 19.3 Å². The number of nitrogens with one attached hydrogen (secondary N) is 2. The fourth-order valence-corrected chi connectivity index (χ4v) is 5.37. The SMILES string of the molecule is Cc1cc(N2CCC(C)CC2)nc2ccc(NC(=O)CCC(=O)NC3CCCC(C)C3C)cc12. The van der Waals surface area contributed by atoms with Crippen molar-refractivity contribution in [2.45, 2.75) is 78.7 Å². The van der Waals surface area contributed by atoms with Gasteiger partial charge in [-0.05, 0) is 73.8 Å². The van der Waals surface area contributed by atoms with E-state index in [-0.39, 0.29) is 30.7 Å². The summed E-state index contributed by atoms with van der Waals surface area (Å²) in [5, 5.41) is 7.16. The molecule has 4 rings (SSSR count). The van der Waals surface area contributed by atoms with Crippen molar-refractivity contribution in [3.63, 3.8) is 0 Å². The third kappa shape index (κ3) is 5.89. The van der Waals surface area contributed by atoms with Gasteiger partial charge >= 0.3 is 0 Å². The summed E-state index contributed by atoms with van der Waals surface area (Å²) in [5.41, 5.74) is 2.85. The van der Waals surface area contributed by atoms with Gasteiger partial charge in [-0.15, -0.1) is 0 Å². The third-order valence-corrected chi connectivity index (χ3v) is 8.03. The molecule has 2 N–H and O–H groups in total. The van der Waals surface area contributed by atoms with Crippen molar-refractivity contribution in [1.29, 1.82) is 0 Å². The average Bonchev–Trinajstić information content (AvgIpc) is 2.81. The van der Waals surface area contributed by atoms with Crippen LogP contribution in [0.2, 0.25) is 0 Å². The summed E-state index contributed by atoms with van der Waals surface area (Å²) >= 11 is 0. The number of aromatic nitrogens is 1. The number of fused-ring (bicyclic) bond motifs is 1. The van der Waals surface area contributed by atoms with Gasteiger partial charge in [0.2, 0.25) is 11.8 Å². The van der Waals surface area contributed by atoms with Gasteiger partial charge in [0.05, 0.1) is 5.52 Å². The van der Waals surface area contributed by atoms with Crippen molar-refractivity contribution in [1.82, 2.24) is 10.3 Å². The van der Waals surface area contributed by atoms with E-state index in [4.69, 9.17) is 4.98 Å². The number of anilines is 2. The Morgan fingerprint density at radius 2 is 1.74 bits per heavy atom. The Kier molecular flexibility index (Phi) is 7.74. The molecule has 0 spiro atoms. The van der Waals surface area contributed by atoms with Crippen molar-refractivity contribution in [3.8, 4) is 0 Å². The number of carbonyl (C=O) groups excluding carboxylic acids is 2. The van der Waals surface area contributed by atoms with Crippen LogP contribution in [0, 0.1) is 24.7 Å². The van der Waals surface area contributed by atoms with E-state index >= 15 is 0 Å². The van der Waals surface area contributed by atoms with E-state index in [2.05, 4.69) is 49.3 Å². The lowest BCUT2D eigenvalue weighted by atomic mass is 9.78. The Morgan fingerprint density at radius 3 is 2.50 bits per heavy atom. The van der Waals surface area contributed by atoms with Crippen molar-refractivity contribution >= 4 is 34.2 Å². The van der Waals surface area contributed by atoms with Crippen LogP contribution < -0.4 is 15.5 Å². The second kappa shape index (κ2) is 10.7. The number of nitrogens with zero attached hydrogens (tertiary/aromatic N) is 2. The number of pyridine rings is 1. The molecule has 1 aliphatic carbocycles.